The van der Waals surface area contributed by atoms with E-state index in [2.05, 4.69) is 10.6 Å². The molecule has 0 spiro atoms. The fraction of sp³-hybridized carbons (Fsp3) is 0.312. The minimum Gasteiger partial charge on any atom is -0.347 e. The number of thiophene rings is 1. The number of hydrogen-bond acceptors (Lipinski definition) is 3. The highest BCUT2D eigenvalue weighted by Gasteiger charge is 2.19. The molecule has 0 unspecified atom stereocenters. The predicted molar refractivity (Wildman–Crippen MR) is 83.1 cm³/mol. The van der Waals surface area contributed by atoms with Crippen molar-refractivity contribution >= 4 is 17.2 Å². The number of carbonyl (C=O) groups excluding carboxylic acids is 1. The lowest BCUT2D eigenvalue weighted by atomic mass is 10.1. The monoisotopic (exact) mass is 286 g/mol. The van der Waals surface area contributed by atoms with Gasteiger partial charge in [-0.1, -0.05) is 30.3 Å². The van der Waals surface area contributed by atoms with Gasteiger partial charge in [0, 0.05) is 18.2 Å². The summed E-state index contributed by atoms with van der Waals surface area (Å²) in [6, 6.07) is 12.3. The number of carbonyl (C=O) groups is 1. The molecule has 2 N–H and O–H groups in total. The molecule has 0 bridgehead atoms. The summed E-state index contributed by atoms with van der Waals surface area (Å²) < 4.78 is 0. The van der Waals surface area contributed by atoms with Crippen molar-refractivity contribution in [3.63, 3.8) is 0 Å². The van der Waals surface area contributed by atoms with Crippen LogP contribution in [0.2, 0.25) is 0 Å². The van der Waals surface area contributed by atoms with Crippen LogP contribution in [0.4, 0.5) is 0 Å². The second-order valence-electron chi connectivity index (χ2n) is 5.05. The van der Waals surface area contributed by atoms with E-state index >= 15 is 0 Å². The van der Waals surface area contributed by atoms with Gasteiger partial charge in [-0.05, 0) is 36.4 Å². The van der Waals surface area contributed by atoms with Crippen LogP contribution in [0.3, 0.4) is 0 Å². The standard InChI is InChI=1S/C16H18N2OS/c19-16(18-13-7-4-9-17-11-13)15-14(8-10-20-15)12-5-2-1-3-6-12/h1-3,5-6,8,10,13,17H,4,7,9,11H2,(H,18,19)/t13-/m0/s1. The predicted octanol–water partition coefficient (Wildman–Crippen LogP) is 2.90. The number of amides is 1. The Morgan fingerprint density at radius 3 is 2.85 bits per heavy atom. The minimum atomic E-state index is 0.0487. The van der Waals surface area contributed by atoms with Crippen molar-refractivity contribution in [1.29, 1.82) is 0 Å². The number of benzene rings is 1. The highest BCUT2D eigenvalue weighted by molar-refractivity contribution is 7.12. The summed E-state index contributed by atoms with van der Waals surface area (Å²) >= 11 is 1.51. The van der Waals surface area contributed by atoms with Gasteiger partial charge in [-0.2, -0.15) is 0 Å². The van der Waals surface area contributed by atoms with Gasteiger partial charge in [0.15, 0.2) is 0 Å². The Kier molecular flexibility index (Phi) is 4.14. The molecule has 1 atom stereocenters. The van der Waals surface area contributed by atoms with Gasteiger partial charge in [-0.3, -0.25) is 4.79 Å². The molecule has 1 aromatic heterocycles. The lowest BCUT2D eigenvalue weighted by Crippen LogP contribution is -2.45. The molecule has 1 amide bonds. The van der Waals surface area contributed by atoms with Crippen LogP contribution in [0, 0.1) is 0 Å². The first-order valence-electron chi connectivity index (χ1n) is 6.99. The van der Waals surface area contributed by atoms with Gasteiger partial charge >= 0.3 is 0 Å². The first-order chi connectivity index (χ1) is 9.84. The Morgan fingerprint density at radius 1 is 1.25 bits per heavy atom. The van der Waals surface area contributed by atoms with E-state index in [1.807, 2.05) is 41.8 Å². The van der Waals surface area contributed by atoms with Gasteiger partial charge in [0.2, 0.25) is 0 Å². The maximum absolute atomic E-state index is 12.4. The summed E-state index contributed by atoms with van der Waals surface area (Å²) in [6.45, 7) is 1.93. The average Bonchev–Trinajstić information content (AvgIpc) is 2.99. The van der Waals surface area contributed by atoms with E-state index in [1.54, 1.807) is 0 Å². The molecule has 0 saturated carbocycles. The Balaban J connectivity index is 1.77. The molecule has 1 saturated heterocycles. The van der Waals surface area contributed by atoms with Crippen LogP contribution in [0.5, 0.6) is 0 Å². The van der Waals surface area contributed by atoms with Gasteiger partial charge in [-0.25, -0.2) is 0 Å². The summed E-state index contributed by atoms with van der Waals surface area (Å²) in [5, 5.41) is 8.44. The molecule has 0 radical (unpaired) electrons. The van der Waals surface area contributed by atoms with Crippen molar-refractivity contribution in [2.24, 2.45) is 0 Å². The van der Waals surface area contributed by atoms with Crippen LogP contribution in [-0.4, -0.2) is 25.0 Å². The van der Waals surface area contributed by atoms with Crippen molar-refractivity contribution in [1.82, 2.24) is 10.6 Å². The quantitative estimate of drug-likeness (QED) is 0.911. The highest BCUT2D eigenvalue weighted by atomic mass is 32.1. The van der Waals surface area contributed by atoms with Crippen molar-refractivity contribution < 1.29 is 4.79 Å². The van der Waals surface area contributed by atoms with Gasteiger partial charge in [0.05, 0.1) is 4.88 Å². The van der Waals surface area contributed by atoms with Gasteiger partial charge in [0.25, 0.3) is 5.91 Å². The van der Waals surface area contributed by atoms with Crippen LogP contribution < -0.4 is 10.6 Å². The zero-order valence-electron chi connectivity index (χ0n) is 11.3. The molecule has 1 aromatic carbocycles. The third-order valence-corrected chi connectivity index (χ3v) is 4.50. The van der Waals surface area contributed by atoms with Crippen molar-refractivity contribution in [3.05, 3.63) is 46.7 Å². The van der Waals surface area contributed by atoms with Gasteiger partial charge in [-0.15, -0.1) is 11.3 Å². The average molecular weight is 286 g/mol. The number of piperidine rings is 1. The number of hydrogen-bond donors (Lipinski definition) is 2. The van der Waals surface area contributed by atoms with Gasteiger partial charge in [0.1, 0.15) is 0 Å². The second-order valence-corrected chi connectivity index (χ2v) is 5.96. The molecule has 1 aliphatic heterocycles. The van der Waals surface area contributed by atoms with E-state index < -0.39 is 0 Å². The summed E-state index contributed by atoms with van der Waals surface area (Å²) in [7, 11) is 0. The molecule has 3 rings (SSSR count). The van der Waals surface area contributed by atoms with E-state index in [1.165, 1.54) is 11.3 Å². The zero-order chi connectivity index (χ0) is 13.8. The third kappa shape index (κ3) is 2.92. The van der Waals surface area contributed by atoms with E-state index in [-0.39, 0.29) is 11.9 Å². The third-order valence-electron chi connectivity index (χ3n) is 3.59. The molecule has 3 nitrogen and oxygen atoms in total. The molecule has 4 heteroatoms. The topological polar surface area (TPSA) is 41.1 Å². The summed E-state index contributed by atoms with van der Waals surface area (Å²) in [4.78, 5) is 13.2. The van der Waals surface area contributed by atoms with Crippen LogP contribution >= 0.6 is 11.3 Å². The summed E-state index contributed by atoms with van der Waals surface area (Å²) in [5.41, 5.74) is 2.12. The van der Waals surface area contributed by atoms with E-state index in [0.717, 1.165) is 41.9 Å². The molecule has 104 valence electrons. The molecule has 1 fully saturated rings. The van der Waals surface area contributed by atoms with Crippen molar-refractivity contribution in [3.8, 4) is 11.1 Å². The van der Waals surface area contributed by atoms with E-state index in [9.17, 15) is 4.79 Å². The van der Waals surface area contributed by atoms with Crippen LogP contribution in [0.15, 0.2) is 41.8 Å². The maximum atomic E-state index is 12.4. The Morgan fingerprint density at radius 2 is 2.10 bits per heavy atom. The zero-order valence-corrected chi connectivity index (χ0v) is 12.1. The number of nitrogens with one attached hydrogen (secondary N) is 2. The Hall–Kier alpha value is -1.65. The molecule has 2 heterocycles. The molecule has 20 heavy (non-hydrogen) atoms. The molecule has 2 aromatic rings. The molecular formula is C16H18N2OS. The normalized spacial score (nSPS) is 18.7. The second kappa shape index (κ2) is 6.20. The maximum Gasteiger partial charge on any atom is 0.262 e. The Bertz CT molecular complexity index is 573. The number of rotatable bonds is 3. The minimum absolute atomic E-state index is 0.0487. The van der Waals surface area contributed by atoms with Crippen molar-refractivity contribution in [2.75, 3.05) is 13.1 Å². The van der Waals surface area contributed by atoms with E-state index in [0.29, 0.717) is 0 Å². The van der Waals surface area contributed by atoms with E-state index in [4.69, 9.17) is 0 Å². The fourth-order valence-corrected chi connectivity index (χ4v) is 3.38. The largest absolute Gasteiger partial charge is 0.347 e. The molecule has 0 aliphatic carbocycles. The molecule has 1 aliphatic rings. The fourth-order valence-electron chi connectivity index (χ4n) is 2.56. The summed E-state index contributed by atoms with van der Waals surface area (Å²) in [5.74, 6) is 0.0487. The Labute approximate surface area is 123 Å². The SMILES string of the molecule is O=C(N[C@H]1CCCNC1)c1sccc1-c1ccccc1. The molecular weight excluding hydrogens is 268 g/mol. The highest BCUT2D eigenvalue weighted by Crippen LogP contribution is 2.28. The summed E-state index contributed by atoms with van der Waals surface area (Å²) in [6.07, 6.45) is 2.19. The smallest absolute Gasteiger partial charge is 0.262 e. The lowest BCUT2D eigenvalue weighted by molar-refractivity contribution is 0.0935. The van der Waals surface area contributed by atoms with Gasteiger partial charge < -0.3 is 10.6 Å². The first kappa shape index (κ1) is 13.3. The first-order valence-corrected chi connectivity index (χ1v) is 7.87. The van der Waals surface area contributed by atoms with Crippen molar-refractivity contribution in [2.45, 2.75) is 18.9 Å². The van der Waals surface area contributed by atoms with Crippen LogP contribution in [0.1, 0.15) is 22.5 Å². The lowest BCUT2D eigenvalue weighted by Gasteiger charge is -2.23. The van der Waals surface area contributed by atoms with Crippen LogP contribution in [0.25, 0.3) is 11.1 Å². The van der Waals surface area contributed by atoms with Crippen LogP contribution in [-0.2, 0) is 0 Å².